The molecule has 2 rings (SSSR count). The van der Waals surface area contributed by atoms with Gasteiger partial charge < -0.3 is 10.6 Å². The Morgan fingerprint density at radius 2 is 2.06 bits per heavy atom. The molecule has 3 N–H and O–H groups in total. The lowest BCUT2D eigenvalue weighted by Crippen LogP contribution is -2.18. The molecular weight excluding hydrogens is 233 g/mol. The highest BCUT2D eigenvalue weighted by Gasteiger charge is 2.12. The molecule has 0 saturated carbocycles. The average Bonchev–Trinajstić information content (AvgIpc) is 2.38. The number of nitrogen functional groups attached to an aromatic ring is 1. The predicted octanol–water partition coefficient (Wildman–Crippen LogP) is 1.67. The van der Waals surface area contributed by atoms with Crippen LogP contribution in [0.5, 0.6) is 0 Å². The molecule has 6 heteroatoms. The van der Waals surface area contributed by atoms with Crippen LogP contribution in [0.3, 0.4) is 0 Å². The number of amidine groups is 1. The molecule has 0 spiro atoms. The van der Waals surface area contributed by atoms with E-state index < -0.39 is 0 Å². The van der Waals surface area contributed by atoms with Gasteiger partial charge in [0.2, 0.25) is 5.95 Å². The third-order valence-corrected chi connectivity index (χ3v) is 2.43. The quantitative estimate of drug-likeness (QED) is 0.636. The van der Waals surface area contributed by atoms with Gasteiger partial charge in [0.15, 0.2) is 0 Å². The summed E-state index contributed by atoms with van der Waals surface area (Å²) in [5, 5.41) is 7.31. The first-order chi connectivity index (χ1) is 8.59. The average molecular weight is 245 g/mol. The second-order valence-electron chi connectivity index (χ2n) is 3.67. The van der Waals surface area contributed by atoms with Gasteiger partial charge in [-0.25, -0.2) is 14.4 Å². The fourth-order valence-corrected chi connectivity index (χ4v) is 1.49. The second-order valence-corrected chi connectivity index (χ2v) is 3.67. The van der Waals surface area contributed by atoms with Crippen LogP contribution in [0.15, 0.2) is 36.5 Å². The maximum Gasteiger partial charge on any atom is 0.230 e. The van der Waals surface area contributed by atoms with Crippen molar-refractivity contribution in [1.29, 1.82) is 5.41 Å². The maximum atomic E-state index is 13.6. The Morgan fingerprint density at radius 1 is 1.33 bits per heavy atom. The van der Waals surface area contributed by atoms with Crippen molar-refractivity contribution in [2.75, 3.05) is 11.9 Å². The Hall–Kier alpha value is -2.50. The number of rotatable bonds is 3. The van der Waals surface area contributed by atoms with Crippen LogP contribution in [-0.2, 0) is 0 Å². The fourth-order valence-electron chi connectivity index (χ4n) is 1.49. The minimum absolute atomic E-state index is 0.152. The van der Waals surface area contributed by atoms with E-state index in [2.05, 4.69) is 9.97 Å². The molecule has 0 bridgehead atoms. The highest BCUT2D eigenvalue weighted by atomic mass is 19.1. The molecule has 1 heterocycles. The number of nitrogens with one attached hydrogen (secondary N) is 1. The van der Waals surface area contributed by atoms with E-state index in [1.807, 2.05) is 0 Å². The lowest BCUT2D eigenvalue weighted by atomic mass is 10.3. The van der Waals surface area contributed by atoms with Crippen LogP contribution in [0.25, 0.3) is 0 Å². The molecular formula is C12H12FN5. The molecule has 92 valence electrons. The fraction of sp³-hybridized carbons (Fsp3) is 0.0833. The van der Waals surface area contributed by atoms with Gasteiger partial charge in [-0.05, 0) is 18.2 Å². The van der Waals surface area contributed by atoms with Crippen LogP contribution in [0, 0.1) is 11.2 Å². The molecule has 1 aromatic heterocycles. The summed E-state index contributed by atoms with van der Waals surface area (Å²) in [6.45, 7) is 0. The van der Waals surface area contributed by atoms with Gasteiger partial charge in [-0.1, -0.05) is 12.1 Å². The monoisotopic (exact) mass is 245 g/mol. The summed E-state index contributed by atoms with van der Waals surface area (Å²) in [4.78, 5) is 9.63. The molecule has 5 nitrogen and oxygen atoms in total. The van der Waals surface area contributed by atoms with E-state index in [1.54, 1.807) is 25.2 Å². The zero-order valence-electron chi connectivity index (χ0n) is 9.76. The van der Waals surface area contributed by atoms with E-state index in [9.17, 15) is 4.39 Å². The van der Waals surface area contributed by atoms with Crippen LogP contribution in [0.2, 0.25) is 0 Å². The van der Waals surface area contributed by atoms with E-state index in [0.29, 0.717) is 11.4 Å². The van der Waals surface area contributed by atoms with Gasteiger partial charge in [-0.3, -0.25) is 5.41 Å². The smallest absolute Gasteiger partial charge is 0.230 e. The number of anilines is 2. The maximum absolute atomic E-state index is 13.6. The molecule has 0 aliphatic heterocycles. The number of hydrogen-bond donors (Lipinski definition) is 2. The molecule has 0 atom stereocenters. The Morgan fingerprint density at radius 3 is 2.72 bits per heavy atom. The van der Waals surface area contributed by atoms with E-state index in [0.717, 1.165) is 0 Å². The summed E-state index contributed by atoms with van der Waals surface area (Å²) in [6.07, 6.45) is 1.48. The van der Waals surface area contributed by atoms with Gasteiger partial charge >= 0.3 is 0 Å². The van der Waals surface area contributed by atoms with Crippen LogP contribution in [-0.4, -0.2) is 22.9 Å². The molecule has 0 aliphatic rings. The first-order valence-corrected chi connectivity index (χ1v) is 5.25. The summed E-state index contributed by atoms with van der Waals surface area (Å²) in [7, 11) is 1.65. The van der Waals surface area contributed by atoms with Crippen molar-refractivity contribution in [1.82, 2.24) is 9.97 Å². The lowest BCUT2D eigenvalue weighted by Gasteiger charge is -2.17. The highest BCUT2D eigenvalue weighted by molar-refractivity contribution is 5.93. The van der Waals surface area contributed by atoms with Gasteiger partial charge in [-0.15, -0.1) is 0 Å². The molecule has 2 aromatic rings. The number of halogens is 1. The van der Waals surface area contributed by atoms with Crippen LogP contribution in [0.4, 0.5) is 16.0 Å². The minimum Gasteiger partial charge on any atom is -0.382 e. The van der Waals surface area contributed by atoms with Crippen molar-refractivity contribution in [2.24, 2.45) is 5.73 Å². The van der Waals surface area contributed by atoms with E-state index in [-0.39, 0.29) is 17.6 Å². The van der Waals surface area contributed by atoms with Crippen molar-refractivity contribution in [3.05, 3.63) is 48.0 Å². The Labute approximate surface area is 104 Å². The van der Waals surface area contributed by atoms with Gasteiger partial charge in [0.05, 0.1) is 5.69 Å². The SMILES string of the molecule is CN(c1nccc(C(=N)N)n1)c1ccccc1F. The highest BCUT2D eigenvalue weighted by Crippen LogP contribution is 2.22. The van der Waals surface area contributed by atoms with Crippen molar-refractivity contribution in [3.63, 3.8) is 0 Å². The van der Waals surface area contributed by atoms with Crippen LogP contribution in [0.1, 0.15) is 5.69 Å². The van der Waals surface area contributed by atoms with Crippen LogP contribution < -0.4 is 10.6 Å². The summed E-state index contributed by atoms with van der Waals surface area (Å²) in [5.74, 6) is -0.231. The molecule has 0 fully saturated rings. The number of benzene rings is 1. The summed E-state index contributed by atoms with van der Waals surface area (Å²) in [5.41, 5.74) is 6.02. The lowest BCUT2D eigenvalue weighted by molar-refractivity contribution is 0.627. The van der Waals surface area contributed by atoms with Crippen molar-refractivity contribution in [2.45, 2.75) is 0 Å². The first-order valence-electron chi connectivity index (χ1n) is 5.25. The predicted molar refractivity (Wildman–Crippen MR) is 67.5 cm³/mol. The zero-order valence-corrected chi connectivity index (χ0v) is 9.76. The number of para-hydroxylation sites is 1. The van der Waals surface area contributed by atoms with Crippen LogP contribution >= 0.6 is 0 Å². The normalized spacial score (nSPS) is 10.1. The standard InChI is InChI=1S/C12H12FN5/c1-18(10-5-3-2-4-8(10)13)12-16-7-6-9(17-12)11(14)15/h2-7H,1H3,(H3,14,15). The first kappa shape index (κ1) is 12.0. The Balaban J connectivity index is 2.40. The van der Waals surface area contributed by atoms with Gasteiger partial charge in [0, 0.05) is 13.2 Å². The molecule has 0 radical (unpaired) electrons. The largest absolute Gasteiger partial charge is 0.382 e. The molecule has 0 saturated heterocycles. The molecule has 0 amide bonds. The second kappa shape index (κ2) is 4.79. The van der Waals surface area contributed by atoms with Gasteiger partial charge in [-0.2, -0.15) is 0 Å². The summed E-state index contributed by atoms with van der Waals surface area (Å²) >= 11 is 0. The number of aromatic nitrogens is 2. The number of hydrogen-bond acceptors (Lipinski definition) is 4. The van der Waals surface area contributed by atoms with E-state index >= 15 is 0 Å². The van der Waals surface area contributed by atoms with E-state index in [1.165, 1.54) is 23.2 Å². The number of nitrogens with zero attached hydrogens (tertiary/aromatic N) is 3. The molecule has 1 aromatic carbocycles. The third kappa shape index (κ3) is 2.27. The Bertz CT molecular complexity index is 584. The van der Waals surface area contributed by atoms with E-state index in [4.69, 9.17) is 11.1 Å². The minimum atomic E-state index is -0.364. The Kier molecular flexibility index (Phi) is 3.18. The van der Waals surface area contributed by atoms with Gasteiger partial charge in [0.25, 0.3) is 0 Å². The van der Waals surface area contributed by atoms with Crippen molar-refractivity contribution in [3.8, 4) is 0 Å². The molecule has 0 aliphatic carbocycles. The summed E-state index contributed by atoms with van der Waals surface area (Å²) in [6, 6.07) is 7.85. The topological polar surface area (TPSA) is 78.9 Å². The third-order valence-electron chi connectivity index (χ3n) is 2.43. The molecule has 18 heavy (non-hydrogen) atoms. The summed E-state index contributed by atoms with van der Waals surface area (Å²) < 4.78 is 13.6. The zero-order chi connectivity index (χ0) is 13.1. The van der Waals surface area contributed by atoms with Gasteiger partial charge in [0.1, 0.15) is 17.3 Å². The number of nitrogens with two attached hydrogens (primary N) is 1. The van der Waals surface area contributed by atoms with Crippen molar-refractivity contribution >= 4 is 17.5 Å². The van der Waals surface area contributed by atoms with Crippen molar-refractivity contribution < 1.29 is 4.39 Å². The molecule has 0 unspecified atom stereocenters.